The third-order valence-electron chi connectivity index (χ3n) is 1.30. The molecule has 0 saturated heterocycles. The number of hydrogen-bond acceptors (Lipinski definition) is 3. The van der Waals surface area contributed by atoms with E-state index < -0.39 is 18.8 Å². The standard InChI is InChI=1S/C5H5F3N2O2/c6-5(7,8)10-2-3(1-9-10)4(11)12/h1,9H,2H2,(H,11,12). The Kier molecular flexibility index (Phi) is 1.97. The van der Waals surface area contributed by atoms with Crippen molar-refractivity contribution < 1.29 is 23.1 Å². The number of halogens is 3. The fourth-order valence-electron chi connectivity index (χ4n) is 0.710. The Morgan fingerprint density at radius 2 is 2.25 bits per heavy atom. The molecular formula is C5H5F3N2O2. The molecule has 0 aromatic heterocycles. The zero-order chi connectivity index (χ0) is 9.35. The maximum Gasteiger partial charge on any atom is 0.477 e. The summed E-state index contributed by atoms with van der Waals surface area (Å²) >= 11 is 0. The molecule has 1 heterocycles. The van der Waals surface area contributed by atoms with Gasteiger partial charge in [-0.15, -0.1) is 5.01 Å². The predicted octanol–water partition coefficient (Wildman–Crippen LogP) is 0.295. The second-order valence-electron chi connectivity index (χ2n) is 2.16. The lowest BCUT2D eigenvalue weighted by Gasteiger charge is -2.18. The third kappa shape index (κ3) is 1.67. The number of alkyl halides is 3. The summed E-state index contributed by atoms with van der Waals surface area (Å²) in [5.74, 6) is -1.35. The maximum absolute atomic E-state index is 11.8. The molecule has 1 aliphatic heterocycles. The quantitative estimate of drug-likeness (QED) is 0.572. The molecule has 12 heavy (non-hydrogen) atoms. The molecule has 0 bridgehead atoms. The average Bonchev–Trinajstić information content (AvgIpc) is 2.30. The number of carbonyl (C=O) groups is 1. The summed E-state index contributed by atoms with van der Waals surface area (Å²) in [5.41, 5.74) is 1.48. The normalized spacial score (nSPS) is 18.8. The predicted molar refractivity (Wildman–Crippen MR) is 31.6 cm³/mol. The smallest absolute Gasteiger partial charge is 0.477 e. The van der Waals surface area contributed by atoms with Crippen LogP contribution >= 0.6 is 0 Å². The van der Waals surface area contributed by atoms with Gasteiger partial charge in [0.15, 0.2) is 0 Å². The molecule has 0 amide bonds. The van der Waals surface area contributed by atoms with Crippen LogP contribution in [0.1, 0.15) is 0 Å². The van der Waals surface area contributed by atoms with Crippen LogP contribution in [0.3, 0.4) is 0 Å². The Morgan fingerprint density at radius 1 is 1.67 bits per heavy atom. The molecule has 0 unspecified atom stereocenters. The topological polar surface area (TPSA) is 52.6 Å². The van der Waals surface area contributed by atoms with Gasteiger partial charge in [0, 0.05) is 6.20 Å². The lowest BCUT2D eigenvalue weighted by atomic mass is 10.3. The molecule has 0 aliphatic carbocycles. The highest BCUT2D eigenvalue weighted by molar-refractivity contribution is 5.87. The summed E-state index contributed by atoms with van der Waals surface area (Å²) in [6.07, 6.45) is -3.73. The van der Waals surface area contributed by atoms with Crippen LogP contribution in [-0.2, 0) is 4.79 Å². The molecule has 68 valence electrons. The lowest BCUT2D eigenvalue weighted by Crippen LogP contribution is -2.43. The van der Waals surface area contributed by atoms with E-state index in [1.165, 1.54) is 0 Å². The number of rotatable bonds is 1. The van der Waals surface area contributed by atoms with Gasteiger partial charge in [0.25, 0.3) is 0 Å². The summed E-state index contributed by atoms with van der Waals surface area (Å²) in [6, 6.07) is 0. The SMILES string of the molecule is O=C(O)C1=CNN(C(F)(F)F)C1. The van der Waals surface area contributed by atoms with Gasteiger partial charge in [-0.3, -0.25) is 0 Å². The molecule has 0 radical (unpaired) electrons. The highest BCUT2D eigenvalue weighted by Crippen LogP contribution is 2.22. The molecule has 1 rings (SSSR count). The van der Waals surface area contributed by atoms with Gasteiger partial charge in [0.1, 0.15) is 0 Å². The van der Waals surface area contributed by atoms with Crippen LogP contribution < -0.4 is 5.43 Å². The number of nitrogens with zero attached hydrogens (tertiary/aromatic N) is 1. The van der Waals surface area contributed by atoms with Crippen molar-refractivity contribution in [3.63, 3.8) is 0 Å². The van der Waals surface area contributed by atoms with Gasteiger partial charge >= 0.3 is 12.3 Å². The van der Waals surface area contributed by atoms with E-state index in [0.29, 0.717) is 0 Å². The molecule has 0 spiro atoms. The summed E-state index contributed by atoms with van der Waals surface area (Å²) < 4.78 is 35.5. The Hall–Kier alpha value is -1.24. The van der Waals surface area contributed by atoms with Gasteiger partial charge < -0.3 is 10.5 Å². The Bertz CT molecular complexity index is 235. The van der Waals surface area contributed by atoms with E-state index in [0.717, 1.165) is 6.20 Å². The first-order valence-corrected chi connectivity index (χ1v) is 2.94. The van der Waals surface area contributed by atoms with Gasteiger partial charge in [-0.2, -0.15) is 13.2 Å². The molecule has 1 aliphatic rings. The maximum atomic E-state index is 11.8. The summed E-state index contributed by atoms with van der Waals surface area (Å²) in [7, 11) is 0. The largest absolute Gasteiger partial charge is 0.478 e. The zero-order valence-corrected chi connectivity index (χ0v) is 5.72. The second-order valence-corrected chi connectivity index (χ2v) is 2.16. The number of carboxylic acid groups (broad SMARTS) is 1. The highest BCUT2D eigenvalue weighted by atomic mass is 19.4. The first kappa shape index (κ1) is 8.85. The van der Waals surface area contributed by atoms with Crippen molar-refractivity contribution in [2.45, 2.75) is 6.30 Å². The molecule has 4 nitrogen and oxygen atoms in total. The number of hydrogen-bond donors (Lipinski definition) is 2. The van der Waals surface area contributed by atoms with Crippen LogP contribution in [0.15, 0.2) is 11.8 Å². The monoisotopic (exact) mass is 182 g/mol. The fraction of sp³-hybridized carbons (Fsp3) is 0.400. The van der Waals surface area contributed by atoms with Crippen LogP contribution in [0, 0.1) is 0 Å². The number of hydrazine groups is 1. The van der Waals surface area contributed by atoms with Gasteiger partial charge in [0.05, 0.1) is 12.1 Å². The van der Waals surface area contributed by atoms with Crippen molar-refractivity contribution in [3.8, 4) is 0 Å². The summed E-state index contributed by atoms with van der Waals surface area (Å²) in [6.45, 7) is -0.668. The van der Waals surface area contributed by atoms with Crippen LogP contribution in [0.4, 0.5) is 13.2 Å². The summed E-state index contributed by atoms with van der Waals surface area (Å²) in [4.78, 5) is 10.2. The van der Waals surface area contributed by atoms with E-state index in [4.69, 9.17) is 5.11 Å². The molecule has 0 fully saturated rings. The van der Waals surface area contributed by atoms with E-state index in [2.05, 4.69) is 0 Å². The van der Waals surface area contributed by atoms with Crippen molar-refractivity contribution in [1.82, 2.24) is 10.4 Å². The minimum atomic E-state index is -4.55. The molecule has 0 saturated carbocycles. The Balaban J connectivity index is 2.59. The van der Waals surface area contributed by atoms with E-state index in [-0.39, 0.29) is 10.6 Å². The molecule has 0 aromatic rings. The van der Waals surface area contributed by atoms with Gasteiger partial charge in [-0.1, -0.05) is 0 Å². The summed E-state index contributed by atoms with van der Waals surface area (Å²) in [5, 5.41) is 8.18. The minimum absolute atomic E-state index is 0.115. The first-order chi connectivity index (χ1) is 5.41. The number of nitrogens with one attached hydrogen (secondary N) is 1. The average molecular weight is 182 g/mol. The van der Waals surface area contributed by atoms with Crippen molar-refractivity contribution in [2.24, 2.45) is 0 Å². The van der Waals surface area contributed by atoms with E-state index in [1.54, 1.807) is 5.43 Å². The third-order valence-corrected chi connectivity index (χ3v) is 1.30. The van der Waals surface area contributed by atoms with Crippen molar-refractivity contribution in [3.05, 3.63) is 11.8 Å². The molecule has 7 heteroatoms. The van der Waals surface area contributed by atoms with Gasteiger partial charge in [0.2, 0.25) is 0 Å². The Labute approximate surface area is 65.2 Å². The van der Waals surface area contributed by atoms with Crippen molar-refractivity contribution in [2.75, 3.05) is 6.54 Å². The van der Waals surface area contributed by atoms with Crippen molar-refractivity contribution >= 4 is 5.97 Å². The number of aliphatic carboxylic acids is 1. The first-order valence-electron chi connectivity index (χ1n) is 2.94. The second kappa shape index (κ2) is 2.67. The number of carboxylic acids is 1. The molecular weight excluding hydrogens is 177 g/mol. The van der Waals surface area contributed by atoms with Crippen LogP contribution in [-0.4, -0.2) is 28.9 Å². The van der Waals surface area contributed by atoms with Gasteiger partial charge in [-0.05, 0) is 0 Å². The highest BCUT2D eigenvalue weighted by Gasteiger charge is 2.40. The Morgan fingerprint density at radius 3 is 2.50 bits per heavy atom. The van der Waals surface area contributed by atoms with Crippen LogP contribution in [0.2, 0.25) is 0 Å². The van der Waals surface area contributed by atoms with Crippen LogP contribution in [0.5, 0.6) is 0 Å². The van der Waals surface area contributed by atoms with E-state index >= 15 is 0 Å². The van der Waals surface area contributed by atoms with E-state index in [9.17, 15) is 18.0 Å². The minimum Gasteiger partial charge on any atom is -0.478 e. The van der Waals surface area contributed by atoms with Crippen molar-refractivity contribution in [1.29, 1.82) is 0 Å². The molecule has 2 N–H and O–H groups in total. The van der Waals surface area contributed by atoms with Crippen LogP contribution in [0.25, 0.3) is 0 Å². The molecule has 0 aromatic carbocycles. The molecule has 0 atom stereocenters. The lowest BCUT2D eigenvalue weighted by molar-refractivity contribution is -0.253. The van der Waals surface area contributed by atoms with Gasteiger partial charge in [-0.25, -0.2) is 4.79 Å². The fourth-order valence-corrected chi connectivity index (χ4v) is 0.710. The van der Waals surface area contributed by atoms with E-state index in [1.807, 2.05) is 0 Å². The zero-order valence-electron chi connectivity index (χ0n) is 5.72.